The Hall–Kier alpha value is -1.72. The Bertz CT molecular complexity index is 570. The van der Waals surface area contributed by atoms with Crippen molar-refractivity contribution < 1.29 is 14.3 Å². The van der Waals surface area contributed by atoms with Crippen molar-refractivity contribution in [1.82, 2.24) is 4.90 Å². The standard InChI is InChI=1S/C15H18N2O3/c1-10-4-3-5-12-13(10)17(15(19)14(12)18)9-11-8-16(2)6-7-20-11/h3-5,11H,6-9H2,1-2H3. The van der Waals surface area contributed by atoms with Crippen LogP contribution in [0.1, 0.15) is 15.9 Å². The third kappa shape index (κ3) is 2.13. The summed E-state index contributed by atoms with van der Waals surface area (Å²) in [5.74, 6) is -0.848. The molecule has 1 aromatic carbocycles. The van der Waals surface area contributed by atoms with Gasteiger partial charge in [-0.1, -0.05) is 12.1 Å². The van der Waals surface area contributed by atoms with Crippen LogP contribution < -0.4 is 4.90 Å². The Balaban J connectivity index is 1.87. The van der Waals surface area contributed by atoms with Crippen LogP contribution >= 0.6 is 0 Å². The van der Waals surface area contributed by atoms with Gasteiger partial charge in [0.05, 0.1) is 30.5 Å². The first kappa shape index (κ1) is 13.3. The van der Waals surface area contributed by atoms with Gasteiger partial charge >= 0.3 is 0 Å². The molecule has 20 heavy (non-hydrogen) atoms. The van der Waals surface area contributed by atoms with Crippen LogP contribution in [0, 0.1) is 6.92 Å². The number of amides is 1. The molecule has 5 nitrogen and oxygen atoms in total. The van der Waals surface area contributed by atoms with Crippen LogP contribution in [0.5, 0.6) is 0 Å². The highest BCUT2D eigenvalue weighted by Crippen LogP contribution is 2.32. The lowest BCUT2D eigenvalue weighted by Crippen LogP contribution is -2.47. The van der Waals surface area contributed by atoms with Gasteiger partial charge in [-0.15, -0.1) is 0 Å². The van der Waals surface area contributed by atoms with Crippen molar-refractivity contribution in [2.45, 2.75) is 13.0 Å². The van der Waals surface area contributed by atoms with E-state index in [0.29, 0.717) is 18.7 Å². The van der Waals surface area contributed by atoms with Crippen LogP contribution in [0.15, 0.2) is 18.2 Å². The number of ether oxygens (including phenoxy) is 1. The molecule has 2 aliphatic rings. The van der Waals surface area contributed by atoms with Gasteiger partial charge in [0, 0.05) is 13.1 Å². The van der Waals surface area contributed by atoms with E-state index in [9.17, 15) is 9.59 Å². The van der Waals surface area contributed by atoms with Gasteiger partial charge in [0.15, 0.2) is 0 Å². The number of rotatable bonds is 2. The third-order valence-corrected chi connectivity index (χ3v) is 3.92. The predicted molar refractivity (Wildman–Crippen MR) is 75.1 cm³/mol. The number of nitrogens with zero attached hydrogens (tertiary/aromatic N) is 2. The number of ketones is 1. The molecule has 0 aliphatic carbocycles. The summed E-state index contributed by atoms with van der Waals surface area (Å²) in [6.07, 6.45) is -0.0453. The number of carbonyl (C=O) groups is 2. The number of anilines is 1. The average Bonchev–Trinajstić information content (AvgIpc) is 2.66. The van der Waals surface area contributed by atoms with E-state index < -0.39 is 11.7 Å². The Morgan fingerprint density at radius 2 is 2.15 bits per heavy atom. The van der Waals surface area contributed by atoms with Crippen molar-refractivity contribution >= 4 is 17.4 Å². The minimum absolute atomic E-state index is 0.0453. The Morgan fingerprint density at radius 3 is 2.90 bits per heavy atom. The summed E-state index contributed by atoms with van der Waals surface area (Å²) < 4.78 is 5.70. The van der Waals surface area contributed by atoms with E-state index in [1.165, 1.54) is 0 Å². The summed E-state index contributed by atoms with van der Waals surface area (Å²) in [6.45, 7) is 4.70. The maximum absolute atomic E-state index is 12.2. The molecule has 0 bridgehead atoms. The first-order valence-corrected chi connectivity index (χ1v) is 6.84. The Morgan fingerprint density at radius 1 is 1.35 bits per heavy atom. The molecule has 2 aliphatic heterocycles. The summed E-state index contributed by atoms with van der Waals surface area (Å²) in [7, 11) is 2.03. The van der Waals surface area contributed by atoms with Crippen LogP contribution in [0.4, 0.5) is 5.69 Å². The molecule has 0 saturated carbocycles. The third-order valence-electron chi connectivity index (χ3n) is 3.92. The molecule has 0 spiro atoms. The van der Waals surface area contributed by atoms with Crippen LogP contribution in [-0.2, 0) is 9.53 Å². The first-order chi connectivity index (χ1) is 9.58. The molecule has 3 rings (SSSR count). The number of likely N-dealkylation sites (N-methyl/N-ethyl adjacent to an activating group) is 1. The lowest BCUT2D eigenvalue weighted by molar-refractivity contribution is -0.115. The fraction of sp³-hybridized carbons (Fsp3) is 0.467. The van der Waals surface area contributed by atoms with Crippen LogP contribution in [0.25, 0.3) is 0 Å². The van der Waals surface area contributed by atoms with Gasteiger partial charge in [-0.2, -0.15) is 0 Å². The molecular formula is C15H18N2O3. The van der Waals surface area contributed by atoms with Crippen LogP contribution in [0.3, 0.4) is 0 Å². The number of benzene rings is 1. The molecule has 1 fully saturated rings. The largest absolute Gasteiger partial charge is 0.374 e. The number of morpholine rings is 1. The molecular weight excluding hydrogens is 256 g/mol. The minimum Gasteiger partial charge on any atom is -0.374 e. The fourth-order valence-corrected chi connectivity index (χ4v) is 2.89. The van der Waals surface area contributed by atoms with Gasteiger partial charge in [-0.05, 0) is 25.6 Å². The second-order valence-electron chi connectivity index (χ2n) is 5.47. The van der Waals surface area contributed by atoms with Crippen molar-refractivity contribution in [2.75, 3.05) is 38.2 Å². The Kier molecular flexibility index (Phi) is 3.31. The zero-order valence-electron chi connectivity index (χ0n) is 11.8. The number of hydrogen-bond donors (Lipinski definition) is 0. The molecule has 1 amide bonds. The molecule has 1 aromatic rings. The summed E-state index contributed by atoms with van der Waals surface area (Å²) in [5, 5.41) is 0. The van der Waals surface area contributed by atoms with Crippen molar-refractivity contribution in [1.29, 1.82) is 0 Å². The second-order valence-corrected chi connectivity index (χ2v) is 5.47. The van der Waals surface area contributed by atoms with Gasteiger partial charge < -0.3 is 14.5 Å². The number of Topliss-reactive ketones (excluding diaryl/α,β-unsaturated/α-hetero) is 1. The lowest BCUT2D eigenvalue weighted by Gasteiger charge is -2.32. The minimum atomic E-state index is -0.439. The topological polar surface area (TPSA) is 49.9 Å². The van der Waals surface area contributed by atoms with Gasteiger partial charge in [-0.25, -0.2) is 0 Å². The van der Waals surface area contributed by atoms with E-state index in [1.54, 1.807) is 11.0 Å². The van der Waals surface area contributed by atoms with E-state index in [-0.39, 0.29) is 6.10 Å². The maximum atomic E-state index is 12.2. The predicted octanol–water partition coefficient (Wildman–Crippen LogP) is 0.855. The summed E-state index contributed by atoms with van der Waals surface area (Å²) in [5.41, 5.74) is 2.21. The van der Waals surface area contributed by atoms with Gasteiger partial charge in [0.25, 0.3) is 11.7 Å². The van der Waals surface area contributed by atoms with E-state index in [2.05, 4.69) is 4.90 Å². The van der Waals surface area contributed by atoms with Gasteiger partial charge in [0.2, 0.25) is 0 Å². The normalized spacial score (nSPS) is 23.3. The van der Waals surface area contributed by atoms with Crippen LogP contribution in [0.2, 0.25) is 0 Å². The molecule has 1 atom stereocenters. The molecule has 5 heteroatoms. The molecule has 2 heterocycles. The monoisotopic (exact) mass is 274 g/mol. The maximum Gasteiger partial charge on any atom is 0.299 e. The number of hydrogen-bond acceptors (Lipinski definition) is 4. The summed E-state index contributed by atoms with van der Waals surface area (Å²) in [6, 6.07) is 5.45. The SMILES string of the molecule is Cc1cccc2c1N(CC1CN(C)CCO1)C(=O)C2=O. The highest BCUT2D eigenvalue weighted by atomic mass is 16.5. The van der Waals surface area contributed by atoms with Gasteiger partial charge in [0.1, 0.15) is 0 Å². The van der Waals surface area contributed by atoms with Crippen molar-refractivity contribution in [3.8, 4) is 0 Å². The number of carbonyl (C=O) groups excluding carboxylic acids is 2. The molecule has 0 aromatic heterocycles. The number of aryl methyl sites for hydroxylation is 1. The zero-order valence-corrected chi connectivity index (χ0v) is 11.8. The van der Waals surface area contributed by atoms with Crippen molar-refractivity contribution in [3.63, 3.8) is 0 Å². The molecule has 106 valence electrons. The van der Waals surface area contributed by atoms with E-state index >= 15 is 0 Å². The summed E-state index contributed by atoms with van der Waals surface area (Å²) in [4.78, 5) is 28.0. The summed E-state index contributed by atoms with van der Waals surface area (Å²) >= 11 is 0. The van der Waals surface area contributed by atoms with Crippen molar-refractivity contribution in [2.24, 2.45) is 0 Å². The smallest absolute Gasteiger partial charge is 0.299 e. The highest BCUT2D eigenvalue weighted by Gasteiger charge is 2.38. The van der Waals surface area contributed by atoms with Crippen LogP contribution in [-0.4, -0.2) is 56.0 Å². The highest BCUT2D eigenvalue weighted by molar-refractivity contribution is 6.52. The molecule has 0 radical (unpaired) electrons. The number of fused-ring (bicyclic) bond motifs is 1. The quantitative estimate of drug-likeness (QED) is 0.750. The zero-order chi connectivity index (χ0) is 14.3. The average molecular weight is 274 g/mol. The molecule has 0 N–H and O–H groups in total. The van der Waals surface area contributed by atoms with E-state index in [4.69, 9.17) is 4.74 Å². The lowest BCUT2D eigenvalue weighted by atomic mass is 10.1. The first-order valence-electron chi connectivity index (χ1n) is 6.84. The molecule has 1 saturated heterocycles. The number of para-hydroxylation sites is 1. The van der Waals surface area contributed by atoms with E-state index in [1.807, 2.05) is 26.1 Å². The fourth-order valence-electron chi connectivity index (χ4n) is 2.89. The van der Waals surface area contributed by atoms with Crippen molar-refractivity contribution in [3.05, 3.63) is 29.3 Å². The Labute approximate surface area is 118 Å². The second kappa shape index (κ2) is 5.00. The molecule has 1 unspecified atom stereocenters. The van der Waals surface area contributed by atoms with E-state index in [0.717, 1.165) is 24.3 Å². The van der Waals surface area contributed by atoms with Gasteiger partial charge in [-0.3, -0.25) is 9.59 Å².